The normalized spacial score (nSPS) is 13.7. The summed E-state index contributed by atoms with van der Waals surface area (Å²) in [7, 11) is 0. The van der Waals surface area contributed by atoms with E-state index in [1.54, 1.807) is 11.3 Å². The van der Waals surface area contributed by atoms with Crippen molar-refractivity contribution in [2.24, 2.45) is 0 Å². The van der Waals surface area contributed by atoms with Crippen LogP contribution in [0, 0.1) is 0 Å². The molecule has 2 nitrogen and oxygen atoms in total. The number of hydrogen-bond acceptors (Lipinski definition) is 3. The van der Waals surface area contributed by atoms with Crippen molar-refractivity contribution >= 4 is 22.8 Å². The van der Waals surface area contributed by atoms with E-state index in [9.17, 15) is 4.79 Å². The zero-order valence-electron chi connectivity index (χ0n) is 10.8. The van der Waals surface area contributed by atoms with E-state index in [1.807, 2.05) is 18.2 Å². The molecule has 19 heavy (non-hydrogen) atoms. The Morgan fingerprint density at radius 1 is 1.26 bits per heavy atom. The summed E-state index contributed by atoms with van der Waals surface area (Å²) in [5.74, 6) is 0.272. The third kappa shape index (κ3) is 2.71. The molecule has 1 aliphatic heterocycles. The van der Waals surface area contributed by atoms with E-state index in [0.29, 0.717) is 6.42 Å². The van der Waals surface area contributed by atoms with Crippen LogP contribution in [-0.2, 0) is 12.8 Å². The topological polar surface area (TPSA) is 29.1 Å². The Hall–Kier alpha value is -1.61. The summed E-state index contributed by atoms with van der Waals surface area (Å²) in [5, 5.41) is 5.44. The molecule has 0 fully saturated rings. The predicted octanol–water partition coefficient (Wildman–Crippen LogP) is 3.92. The fourth-order valence-electron chi connectivity index (χ4n) is 2.60. The Bertz CT molecular complexity index is 574. The lowest BCUT2D eigenvalue weighted by atomic mass is 9.93. The van der Waals surface area contributed by atoms with Crippen LogP contribution in [0.1, 0.15) is 33.6 Å². The number of ketones is 1. The standard InChI is InChI=1S/C16H17NOS/c18-16(9-8-12-4-3-11-19-12)14-5-1-7-15-13(14)6-2-10-17-15/h1,3-5,7,11,17H,2,6,8-10H2. The molecule has 2 aromatic rings. The molecule has 0 bridgehead atoms. The minimum Gasteiger partial charge on any atom is -0.385 e. The van der Waals surface area contributed by atoms with Gasteiger partial charge in [0.15, 0.2) is 5.78 Å². The first kappa shape index (κ1) is 12.4. The molecule has 1 aromatic heterocycles. The lowest BCUT2D eigenvalue weighted by Gasteiger charge is -2.20. The van der Waals surface area contributed by atoms with Crippen LogP contribution in [0.15, 0.2) is 35.7 Å². The van der Waals surface area contributed by atoms with Crippen LogP contribution in [0.25, 0.3) is 0 Å². The van der Waals surface area contributed by atoms with Gasteiger partial charge in [-0.2, -0.15) is 0 Å². The van der Waals surface area contributed by atoms with Crippen molar-refractivity contribution in [1.29, 1.82) is 0 Å². The number of carbonyl (C=O) groups is 1. The van der Waals surface area contributed by atoms with Gasteiger partial charge in [-0.3, -0.25) is 4.79 Å². The first-order valence-corrected chi connectivity index (χ1v) is 7.64. The Balaban J connectivity index is 1.76. The molecule has 3 rings (SSSR count). The molecule has 98 valence electrons. The van der Waals surface area contributed by atoms with Crippen LogP contribution in [0.4, 0.5) is 5.69 Å². The summed E-state index contributed by atoms with van der Waals surface area (Å²) in [5.41, 5.74) is 3.28. The van der Waals surface area contributed by atoms with Gasteiger partial charge in [-0.1, -0.05) is 18.2 Å². The number of anilines is 1. The summed E-state index contributed by atoms with van der Waals surface area (Å²) in [6.07, 6.45) is 3.59. The maximum absolute atomic E-state index is 12.4. The van der Waals surface area contributed by atoms with Gasteiger partial charge in [-0.25, -0.2) is 0 Å². The molecule has 0 saturated carbocycles. The molecule has 2 heterocycles. The SMILES string of the molecule is O=C(CCc1cccs1)c1cccc2c1CCCN2. The van der Waals surface area contributed by atoms with Crippen molar-refractivity contribution in [1.82, 2.24) is 0 Å². The Morgan fingerprint density at radius 3 is 3.05 bits per heavy atom. The van der Waals surface area contributed by atoms with Crippen molar-refractivity contribution in [2.75, 3.05) is 11.9 Å². The molecule has 1 aromatic carbocycles. The van der Waals surface area contributed by atoms with Crippen LogP contribution < -0.4 is 5.32 Å². The average molecular weight is 271 g/mol. The number of thiophene rings is 1. The second-order valence-electron chi connectivity index (χ2n) is 4.86. The van der Waals surface area contributed by atoms with E-state index in [2.05, 4.69) is 22.8 Å². The lowest BCUT2D eigenvalue weighted by Crippen LogP contribution is -2.15. The van der Waals surface area contributed by atoms with E-state index < -0.39 is 0 Å². The highest BCUT2D eigenvalue weighted by Crippen LogP contribution is 2.26. The summed E-state index contributed by atoms with van der Waals surface area (Å²) < 4.78 is 0. The Labute approximate surface area is 117 Å². The minimum atomic E-state index is 0.272. The third-order valence-corrected chi connectivity index (χ3v) is 4.51. The second kappa shape index (κ2) is 5.57. The van der Waals surface area contributed by atoms with E-state index in [0.717, 1.165) is 37.1 Å². The summed E-state index contributed by atoms with van der Waals surface area (Å²) in [6.45, 7) is 1.01. The molecular weight excluding hydrogens is 254 g/mol. The summed E-state index contributed by atoms with van der Waals surface area (Å²) in [4.78, 5) is 13.7. The number of fused-ring (bicyclic) bond motifs is 1. The third-order valence-electron chi connectivity index (χ3n) is 3.57. The molecule has 0 radical (unpaired) electrons. The van der Waals surface area contributed by atoms with Crippen molar-refractivity contribution in [3.8, 4) is 0 Å². The number of nitrogens with one attached hydrogen (secondary N) is 1. The summed E-state index contributed by atoms with van der Waals surface area (Å²) in [6, 6.07) is 10.2. The fourth-order valence-corrected chi connectivity index (χ4v) is 3.31. The molecule has 3 heteroatoms. The number of aryl methyl sites for hydroxylation is 1. The Kier molecular flexibility index (Phi) is 3.65. The van der Waals surface area contributed by atoms with Crippen LogP contribution in [0.2, 0.25) is 0 Å². The maximum atomic E-state index is 12.4. The maximum Gasteiger partial charge on any atom is 0.163 e. The first-order valence-electron chi connectivity index (χ1n) is 6.76. The number of benzene rings is 1. The number of hydrogen-bond donors (Lipinski definition) is 1. The summed E-state index contributed by atoms with van der Waals surface area (Å²) >= 11 is 1.72. The Morgan fingerprint density at radius 2 is 2.21 bits per heavy atom. The smallest absolute Gasteiger partial charge is 0.163 e. The molecule has 0 atom stereocenters. The van der Waals surface area contributed by atoms with Crippen LogP contribution in [0.5, 0.6) is 0 Å². The fraction of sp³-hybridized carbons (Fsp3) is 0.312. The molecular formula is C16H17NOS. The molecule has 0 spiro atoms. The van der Waals surface area contributed by atoms with Gasteiger partial charge in [0.05, 0.1) is 0 Å². The van der Waals surface area contributed by atoms with Gasteiger partial charge in [0.25, 0.3) is 0 Å². The van der Waals surface area contributed by atoms with Crippen molar-refractivity contribution < 1.29 is 4.79 Å². The van der Waals surface area contributed by atoms with Crippen LogP contribution in [0.3, 0.4) is 0 Å². The van der Waals surface area contributed by atoms with Gasteiger partial charge in [0, 0.05) is 29.1 Å². The zero-order valence-corrected chi connectivity index (χ0v) is 11.6. The van der Waals surface area contributed by atoms with Crippen LogP contribution >= 0.6 is 11.3 Å². The lowest BCUT2D eigenvalue weighted by molar-refractivity contribution is 0.0982. The quantitative estimate of drug-likeness (QED) is 0.854. The van der Waals surface area contributed by atoms with E-state index in [4.69, 9.17) is 0 Å². The molecule has 0 saturated heterocycles. The van der Waals surface area contributed by atoms with E-state index >= 15 is 0 Å². The highest BCUT2D eigenvalue weighted by molar-refractivity contribution is 7.09. The van der Waals surface area contributed by atoms with Gasteiger partial charge in [0.2, 0.25) is 0 Å². The van der Waals surface area contributed by atoms with Gasteiger partial charge >= 0.3 is 0 Å². The van der Waals surface area contributed by atoms with E-state index in [-0.39, 0.29) is 5.78 Å². The highest BCUT2D eigenvalue weighted by Gasteiger charge is 2.17. The predicted molar refractivity (Wildman–Crippen MR) is 80.2 cm³/mol. The van der Waals surface area contributed by atoms with Crippen molar-refractivity contribution in [3.63, 3.8) is 0 Å². The number of rotatable bonds is 4. The van der Waals surface area contributed by atoms with Gasteiger partial charge < -0.3 is 5.32 Å². The van der Waals surface area contributed by atoms with Gasteiger partial charge in [-0.05, 0) is 42.3 Å². The van der Waals surface area contributed by atoms with Gasteiger partial charge in [-0.15, -0.1) is 11.3 Å². The second-order valence-corrected chi connectivity index (χ2v) is 5.90. The highest BCUT2D eigenvalue weighted by atomic mass is 32.1. The number of carbonyl (C=O) groups excluding carboxylic acids is 1. The van der Waals surface area contributed by atoms with E-state index in [1.165, 1.54) is 10.4 Å². The zero-order chi connectivity index (χ0) is 13.1. The first-order chi connectivity index (χ1) is 9.34. The molecule has 0 unspecified atom stereocenters. The molecule has 0 aliphatic carbocycles. The largest absolute Gasteiger partial charge is 0.385 e. The molecule has 1 N–H and O–H groups in total. The van der Waals surface area contributed by atoms with Crippen molar-refractivity contribution in [2.45, 2.75) is 25.7 Å². The average Bonchev–Trinajstić information content (AvgIpc) is 2.97. The minimum absolute atomic E-state index is 0.272. The molecule has 0 amide bonds. The monoisotopic (exact) mass is 271 g/mol. The van der Waals surface area contributed by atoms with Gasteiger partial charge in [0.1, 0.15) is 0 Å². The van der Waals surface area contributed by atoms with Crippen molar-refractivity contribution in [3.05, 3.63) is 51.7 Å². The number of Topliss-reactive ketones (excluding diaryl/α,β-unsaturated/α-hetero) is 1. The molecule has 1 aliphatic rings. The van der Waals surface area contributed by atoms with Crippen LogP contribution in [-0.4, -0.2) is 12.3 Å².